The largest absolute Gasteiger partial charge is 0.494 e. The van der Waals surface area contributed by atoms with Crippen molar-refractivity contribution < 1.29 is 54.6 Å². The Kier molecular flexibility index (Phi) is 25.0. The van der Waals surface area contributed by atoms with Crippen LogP contribution in [0.5, 0.6) is 11.5 Å². The van der Waals surface area contributed by atoms with E-state index in [4.69, 9.17) is 44.6 Å². The van der Waals surface area contributed by atoms with E-state index >= 15 is 0 Å². The fourth-order valence-corrected chi connectivity index (χ4v) is 14.2. The van der Waals surface area contributed by atoms with E-state index in [1.54, 1.807) is 26.4 Å². The molecule has 4 aromatic carbocycles. The molecule has 0 bridgehead atoms. The fraction of sp³-hybridized carbons (Fsp3) is 0.369. The van der Waals surface area contributed by atoms with Gasteiger partial charge >= 0.3 is 0 Å². The van der Waals surface area contributed by atoms with Gasteiger partial charge in [-0.2, -0.15) is 41.8 Å². The molecule has 0 unspecified atom stereocenters. The minimum Gasteiger partial charge on any atom is -0.494 e. The summed E-state index contributed by atoms with van der Waals surface area (Å²) in [6.45, 7) is 17.6. The molecule has 7 aromatic rings. The second-order valence-electron chi connectivity index (χ2n) is 22.4. The maximum absolute atomic E-state index is 13.8. The first-order valence-electron chi connectivity index (χ1n) is 31.9. The molecule has 2 saturated heterocycles. The summed E-state index contributed by atoms with van der Waals surface area (Å²) in [4.78, 5) is 87.0. The number of piperidine rings is 2. The number of benzene rings is 4. The molecule has 0 spiro atoms. The number of ether oxygens (including phenoxy) is 2. The van der Waals surface area contributed by atoms with Crippen molar-refractivity contribution >= 4 is 169 Å². The molecule has 0 radical (unpaired) electrons. The first-order valence-corrected chi connectivity index (χ1v) is 37.4. The SMILES string of the molecule is CCSc1nc(Nc2cc(N(CC)CC)c(OC)cc2/N=N/c2nc(N3CCCCC3)c(/C=C(/C(C)=O)C(=O)Nc3cccc(S(=O)(=O)O)c3)s2)nc(Nc2cc(N(CC)CC)c(OC)cc2/N=N/c2nc(N3CCCCC3)c(/C=C(\C(C)=O)C(=O)Nc3cccc(S(=O)(=O)O)c3)s2)n1. The number of nitrogens with zero attached hydrogens (tertiary/aromatic N) is 13. The molecule has 3 aromatic heterocycles. The Labute approximate surface area is 586 Å². The molecule has 0 aliphatic carbocycles. The van der Waals surface area contributed by atoms with E-state index in [0.717, 1.165) is 84.7 Å². The minimum atomic E-state index is -4.59. The quantitative estimate of drug-likeness (QED) is 0.00608. The molecule has 5 heterocycles. The number of carbonyl (C=O) groups is 4. The van der Waals surface area contributed by atoms with Crippen LogP contribution in [0.3, 0.4) is 0 Å². The Morgan fingerprint density at radius 1 is 0.566 bits per heavy atom. The van der Waals surface area contributed by atoms with E-state index in [1.165, 1.54) is 74.2 Å². The number of ketones is 2. The van der Waals surface area contributed by atoms with E-state index in [0.29, 0.717) is 119 Å². The van der Waals surface area contributed by atoms with E-state index in [9.17, 15) is 45.1 Å². The summed E-state index contributed by atoms with van der Waals surface area (Å²) < 4.78 is 79.0. The number of hydrogen-bond donors (Lipinski definition) is 6. The Morgan fingerprint density at radius 3 is 1.30 bits per heavy atom. The summed E-state index contributed by atoms with van der Waals surface area (Å²) in [7, 11) is -6.07. The third-order valence-electron chi connectivity index (χ3n) is 15.8. The lowest BCUT2D eigenvalue weighted by Crippen LogP contribution is -2.30. The van der Waals surface area contributed by atoms with E-state index in [1.807, 2.05) is 46.8 Å². The van der Waals surface area contributed by atoms with Gasteiger partial charge in [-0.1, -0.05) is 53.5 Å². The molecule has 29 nitrogen and oxygen atoms in total. The number of nitrogens with one attached hydrogen (secondary N) is 4. The van der Waals surface area contributed by atoms with Crippen LogP contribution in [0.1, 0.15) is 96.7 Å². The lowest BCUT2D eigenvalue weighted by atomic mass is 10.1. The van der Waals surface area contributed by atoms with Crippen molar-refractivity contribution in [2.24, 2.45) is 20.5 Å². The Morgan fingerprint density at radius 2 is 0.960 bits per heavy atom. The number of aromatic nitrogens is 5. The van der Waals surface area contributed by atoms with Gasteiger partial charge in [0.05, 0.1) is 67.7 Å². The number of rotatable bonds is 30. The molecule has 9 rings (SSSR count). The molecule has 34 heteroatoms. The fourth-order valence-electron chi connectivity index (χ4n) is 10.9. The third kappa shape index (κ3) is 18.9. The average molecular weight is 1450 g/mol. The van der Waals surface area contributed by atoms with Crippen LogP contribution in [-0.2, 0) is 39.4 Å². The highest BCUT2D eigenvalue weighted by Gasteiger charge is 2.27. The highest BCUT2D eigenvalue weighted by atomic mass is 32.2. The van der Waals surface area contributed by atoms with Gasteiger partial charge in [0.15, 0.2) is 16.7 Å². The number of thiazole rings is 2. The Balaban J connectivity index is 1.10. The van der Waals surface area contributed by atoms with Crippen molar-refractivity contribution in [3.05, 3.63) is 93.7 Å². The van der Waals surface area contributed by atoms with Gasteiger partial charge in [0, 0.05) is 75.9 Å². The van der Waals surface area contributed by atoms with Crippen molar-refractivity contribution in [2.45, 2.75) is 102 Å². The highest BCUT2D eigenvalue weighted by molar-refractivity contribution is 7.99. The van der Waals surface area contributed by atoms with Crippen LogP contribution in [0.2, 0.25) is 0 Å². The zero-order chi connectivity index (χ0) is 71.1. The maximum atomic E-state index is 13.8. The summed E-state index contributed by atoms with van der Waals surface area (Å²) in [6, 6.07) is 17.2. The van der Waals surface area contributed by atoms with E-state index < -0.39 is 53.4 Å². The molecule has 2 aliphatic rings. The average Bonchev–Trinajstić information content (AvgIpc) is 1.73. The van der Waals surface area contributed by atoms with Gasteiger partial charge in [-0.25, -0.2) is 0 Å². The smallest absolute Gasteiger partial charge is 0.294 e. The summed E-state index contributed by atoms with van der Waals surface area (Å²) >= 11 is 3.58. The van der Waals surface area contributed by atoms with Crippen LogP contribution < -0.4 is 50.3 Å². The summed E-state index contributed by atoms with van der Waals surface area (Å²) in [5.74, 6) is -0.00813. The molecule has 2 fully saturated rings. The third-order valence-corrected chi connectivity index (χ3v) is 20.0. The highest BCUT2D eigenvalue weighted by Crippen LogP contribution is 2.45. The molecule has 2 amide bonds. The van der Waals surface area contributed by atoms with Crippen LogP contribution in [-0.4, -0.2) is 147 Å². The maximum Gasteiger partial charge on any atom is 0.294 e. The second kappa shape index (κ2) is 33.5. The number of methoxy groups -OCH3 is 2. The standard InChI is InChI=1S/C65H77N17O12S5/c1-10-79(11-2)51-35-47(49(37-53(51)93-8)75-77-64-70-57(81-27-17-15-18-28-81)55(96-64)33-45(39(6)83)59(85)66-41-23-21-25-43(31-41)98(87,88)89)68-61-72-62(74-63(73-61)95-14-5)69-48-36-52(80(12-3)13-4)54(94-9)38-50(48)76-78-65-71-58(82-29-19-16-20-30-82)56(97-65)34-46(40(7)84)60(86)67-42-24-22-26-44(32-42)99(90,91)92/h21-26,31-38H,10-20,27-30H2,1-9H3,(H,66,85)(H,67,86)(H,87,88,89)(H,90,91,92)(H2,68,69,72,73,74)/b45-33-,46-34+,77-75+,78-76+. The Hall–Kier alpha value is -9.32. The van der Waals surface area contributed by atoms with E-state index in [-0.39, 0.29) is 44.7 Å². The van der Waals surface area contributed by atoms with Gasteiger partial charge in [0.25, 0.3) is 32.1 Å². The zero-order valence-corrected chi connectivity index (χ0v) is 60.1. The van der Waals surface area contributed by atoms with Gasteiger partial charge in [-0.05, 0) is 147 Å². The summed E-state index contributed by atoms with van der Waals surface area (Å²) in [5, 5.41) is 31.6. The zero-order valence-electron chi connectivity index (χ0n) is 56.0. The number of anilines is 10. The molecule has 0 atom stereocenters. The topological polar surface area (TPSA) is 370 Å². The summed E-state index contributed by atoms with van der Waals surface area (Å²) in [5.41, 5.74) is 2.46. The number of amides is 2. The second-order valence-corrected chi connectivity index (χ2v) is 28.5. The van der Waals surface area contributed by atoms with Gasteiger partial charge in [-0.15, -0.1) is 20.5 Å². The van der Waals surface area contributed by atoms with Crippen molar-refractivity contribution in [3.8, 4) is 11.5 Å². The van der Waals surface area contributed by atoms with Gasteiger partial charge in [-0.3, -0.25) is 28.3 Å². The number of azo groups is 2. The molecular weight excluding hydrogens is 1370 g/mol. The van der Waals surface area contributed by atoms with Crippen LogP contribution >= 0.6 is 34.4 Å². The molecule has 2 aliphatic heterocycles. The van der Waals surface area contributed by atoms with Crippen molar-refractivity contribution in [1.82, 2.24) is 24.9 Å². The Bertz CT molecular complexity index is 4230. The first-order chi connectivity index (χ1) is 47.4. The van der Waals surface area contributed by atoms with Crippen LogP contribution in [0.25, 0.3) is 12.2 Å². The van der Waals surface area contributed by atoms with Crippen molar-refractivity contribution in [3.63, 3.8) is 0 Å². The predicted molar refractivity (Wildman–Crippen MR) is 388 cm³/mol. The number of carbonyl (C=O) groups excluding carboxylic acids is 4. The van der Waals surface area contributed by atoms with E-state index in [2.05, 4.69) is 51.1 Å². The van der Waals surface area contributed by atoms with Crippen LogP contribution in [0.4, 0.5) is 79.3 Å². The van der Waals surface area contributed by atoms with Gasteiger partial charge in [0.1, 0.15) is 34.5 Å². The molecule has 99 heavy (non-hydrogen) atoms. The van der Waals surface area contributed by atoms with Crippen LogP contribution in [0, 0.1) is 0 Å². The lowest BCUT2D eigenvalue weighted by molar-refractivity contribution is -0.120. The van der Waals surface area contributed by atoms with Gasteiger partial charge in [0.2, 0.25) is 22.2 Å². The summed E-state index contributed by atoms with van der Waals surface area (Å²) in [6.07, 6.45) is 8.40. The number of hydrogen-bond acceptors (Lipinski definition) is 28. The van der Waals surface area contributed by atoms with Crippen molar-refractivity contribution in [2.75, 3.05) is 113 Å². The van der Waals surface area contributed by atoms with Gasteiger partial charge < -0.3 is 50.3 Å². The predicted octanol–water partition coefficient (Wildman–Crippen LogP) is 13.6. The van der Waals surface area contributed by atoms with Crippen LogP contribution in [0.15, 0.2) is 119 Å². The number of thioether (sulfide) groups is 1. The normalized spacial score (nSPS) is 14.0. The number of Topliss-reactive ketones (excluding diaryl/α,β-unsaturated/α-hetero) is 2. The molecule has 6 N–H and O–H groups in total. The van der Waals surface area contributed by atoms with Crippen molar-refractivity contribution in [1.29, 1.82) is 0 Å². The minimum absolute atomic E-state index is 0.0372. The monoisotopic (exact) mass is 1450 g/mol. The molecule has 0 saturated carbocycles. The lowest BCUT2D eigenvalue weighted by Gasteiger charge is -2.27. The molecular formula is C65H77N17O12S5. The first kappa shape index (κ1) is 73.9. The molecule has 524 valence electrons.